The van der Waals surface area contributed by atoms with E-state index in [1.165, 1.54) is 25.3 Å². The summed E-state index contributed by atoms with van der Waals surface area (Å²) in [5, 5.41) is 12.2. The molecule has 0 heterocycles. The van der Waals surface area contributed by atoms with Crippen molar-refractivity contribution in [3.8, 4) is 17.6 Å². The van der Waals surface area contributed by atoms with Gasteiger partial charge < -0.3 is 20.5 Å². The van der Waals surface area contributed by atoms with Gasteiger partial charge in [-0.15, -0.1) is 0 Å². The molecule has 2 amide bonds. The Labute approximate surface area is 167 Å². The SMILES string of the molecule is COc1cc(/C=C(\C#N)C(=O)Nc2cccc(C)c2)cc(Cl)c1OCC(N)=O. The first-order valence-corrected chi connectivity index (χ1v) is 8.50. The highest BCUT2D eigenvalue weighted by Crippen LogP contribution is 2.37. The van der Waals surface area contributed by atoms with E-state index in [2.05, 4.69) is 5.32 Å². The summed E-state index contributed by atoms with van der Waals surface area (Å²) in [7, 11) is 1.39. The van der Waals surface area contributed by atoms with Gasteiger partial charge in [-0.1, -0.05) is 23.7 Å². The third kappa shape index (κ3) is 5.50. The topological polar surface area (TPSA) is 114 Å². The standard InChI is InChI=1S/C20H18ClN3O4/c1-12-4-3-5-15(6-12)24-20(26)14(10-22)7-13-8-16(21)19(17(9-13)27-2)28-11-18(23)25/h3-9H,11H2,1-2H3,(H2,23,25)(H,24,26)/b14-7+. The zero-order valence-corrected chi connectivity index (χ0v) is 16.0. The molecule has 2 aromatic carbocycles. The lowest BCUT2D eigenvalue weighted by Gasteiger charge is -2.12. The van der Waals surface area contributed by atoms with Crippen LogP contribution in [0.1, 0.15) is 11.1 Å². The number of nitrogens with zero attached hydrogens (tertiary/aromatic N) is 1. The summed E-state index contributed by atoms with van der Waals surface area (Å²) in [4.78, 5) is 23.3. The summed E-state index contributed by atoms with van der Waals surface area (Å²) >= 11 is 6.18. The molecule has 0 unspecified atom stereocenters. The fourth-order valence-corrected chi connectivity index (χ4v) is 2.62. The van der Waals surface area contributed by atoms with Crippen molar-refractivity contribution in [1.29, 1.82) is 5.26 Å². The second kappa shape index (κ2) is 9.44. The maximum atomic E-state index is 12.4. The van der Waals surface area contributed by atoms with Gasteiger partial charge in [0.1, 0.15) is 11.6 Å². The summed E-state index contributed by atoms with van der Waals surface area (Å²) in [5.74, 6) is -0.849. The van der Waals surface area contributed by atoms with Crippen LogP contribution in [-0.2, 0) is 9.59 Å². The molecule has 2 aromatic rings. The van der Waals surface area contributed by atoms with Crippen molar-refractivity contribution in [3.63, 3.8) is 0 Å². The lowest BCUT2D eigenvalue weighted by Crippen LogP contribution is -2.20. The summed E-state index contributed by atoms with van der Waals surface area (Å²) in [5.41, 5.74) is 6.95. The number of carbonyl (C=O) groups excluding carboxylic acids is 2. The maximum Gasteiger partial charge on any atom is 0.266 e. The number of nitrogens with two attached hydrogens (primary N) is 1. The van der Waals surface area contributed by atoms with E-state index in [1.54, 1.807) is 18.2 Å². The zero-order valence-electron chi connectivity index (χ0n) is 15.3. The van der Waals surface area contributed by atoms with Gasteiger partial charge in [0.25, 0.3) is 11.8 Å². The number of primary amides is 1. The van der Waals surface area contributed by atoms with Gasteiger partial charge in [-0.2, -0.15) is 5.26 Å². The lowest BCUT2D eigenvalue weighted by atomic mass is 10.1. The Hall–Kier alpha value is -3.50. The molecule has 7 nitrogen and oxygen atoms in total. The largest absolute Gasteiger partial charge is 0.493 e. The normalized spacial score (nSPS) is 10.7. The Kier molecular flexibility index (Phi) is 7.02. The van der Waals surface area contributed by atoms with Crippen LogP contribution >= 0.6 is 11.6 Å². The van der Waals surface area contributed by atoms with E-state index in [-0.39, 0.29) is 28.7 Å². The molecular formula is C20H18ClN3O4. The van der Waals surface area contributed by atoms with Crippen LogP contribution in [-0.4, -0.2) is 25.5 Å². The molecule has 0 aromatic heterocycles. The van der Waals surface area contributed by atoms with Crippen LogP contribution in [0.3, 0.4) is 0 Å². The average molecular weight is 400 g/mol. The molecular weight excluding hydrogens is 382 g/mol. The fraction of sp³-hybridized carbons (Fsp3) is 0.150. The maximum absolute atomic E-state index is 12.4. The van der Waals surface area contributed by atoms with E-state index in [1.807, 2.05) is 19.1 Å². The number of benzene rings is 2. The minimum atomic E-state index is -0.665. The first kappa shape index (κ1) is 20.8. The fourth-order valence-electron chi connectivity index (χ4n) is 2.34. The molecule has 0 radical (unpaired) electrons. The van der Waals surface area contributed by atoms with E-state index in [4.69, 9.17) is 26.8 Å². The molecule has 0 aliphatic rings. The van der Waals surface area contributed by atoms with Gasteiger partial charge in [0, 0.05) is 5.69 Å². The molecule has 0 atom stereocenters. The number of anilines is 1. The molecule has 28 heavy (non-hydrogen) atoms. The van der Waals surface area contributed by atoms with Crippen molar-refractivity contribution in [2.75, 3.05) is 19.0 Å². The van der Waals surface area contributed by atoms with E-state index in [9.17, 15) is 14.9 Å². The lowest BCUT2D eigenvalue weighted by molar-refractivity contribution is -0.120. The molecule has 0 saturated heterocycles. The number of ether oxygens (including phenoxy) is 2. The second-order valence-electron chi connectivity index (χ2n) is 5.78. The van der Waals surface area contributed by atoms with E-state index in [0.717, 1.165) is 5.56 Å². The Morgan fingerprint density at radius 2 is 2.07 bits per heavy atom. The van der Waals surface area contributed by atoms with Crippen LogP contribution in [0.15, 0.2) is 42.0 Å². The number of aryl methyl sites for hydroxylation is 1. The summed E-state index contributed by atoms with van der Waals surface area (Å²) in [6, 6.07) is 12.1. The van der Waals surface area contributed by atoms with Gasteiger partial charge in [-0.05, 0) is 48.4 Å². The number of amides is 2. The number of methoxy groups -OCH3 is 1. The van der Waals surface area contributed by atoms with Gasteiger partial charge in [0.2, 0.25) is 0 Å². The van der Waals surface area contributed by atoms with Crippen LogP contribution in [0, 0.1) is 18.3 Å². The van der Waals surface area contributed by atoms with E-state index < -0.39 is 11.8 Å². The molecule has 0 spiro atoms. The number of rotatable bonds is 7. The van der Waals surface area contributed by atoms with Crippen molar-refractivity contribution in [1.82, 2.24) is 0 Å². The zero-order chi connectivity index (χ0) is 20.7. The van der Waals surface area contributed by atoms with Gasteiger partial charge in [0.05, 0.1) is 12.1 Å². The number of hydrogen-bond donors (Lipinski definition) is 2. The molecule has 0 saturated carbocycles. The number of halogens is 1. The minimum absolute atomic E-state index is 0.120. The van der Waals surface area contributed by atoms with Crippen molar-refractivity contribution in [2.24, 2.45) is 5.73 Å². The molecule has 0 bridgehead atoms. The predicted octanol–water partition coefficient (Wildman–Crippen LogP) is 3.07. The van der Waals surface area contributed by atoms with Crippen LogP contribution in [0.25, 0.3) is 6.08 Å². The second-order valence-corrected chi connectivity index (χ2v) is 6.19. The number of nitriles is 1. The Morgan fingerprint density at radius 1 is 1.32 bits per heavy atom. The van der Waals surface area contributed by atoms with Crippen molar-refractivity contribution < 1.29 is 19.1 Å². The highest BCUT2D eigenvalue weighted by atomic mass is 35.5. The van der Waals surface area contributed by atoms with Gasteiger partial charge in [-0.3, -0.25) is 9.59 Å². The summed E-state index contributed by atoms with van der Waals surface area (Å²) in [6.07, 6.45) is 1.37. The highest BCUT2D eigenvalue weighted by Gasteiger charge is 2.15. The van der Waals surface area contributed by atoms with Crippen LogP contribution in [0.2, 0.25) is 5.02 Å². The third-order valence-electron chi connectivity index (χ3n) is 3.56. The van der Waals surface area contributed by atoms with Gasteiger partial charge >= 0.3 is 0 Å². The number of hydrogen-bond acceptors (Lipinski definition) is 5. The first-order chi connectivity index (χ1) is 13.3. The molecule has 3 N–H and O–H groups in total. The van der Waals surface area contributed by atoms with Crippen molar-refractivity contribution >= 4 is 35.2 Å². The van der Waals surface area contributed by atoms with Crippen LogP contribution in [0.5, 0.6) is 11.5 Å². The summed E-state index contributed by atoms with van der Waals surface area (Å²) in [6.45, 7) is 1.53. The molecule has 0 fully saturated rings. The van der Waals surface area contributed by atoms with E-state index >= 15 is 0 Å². The molecule has 2 rings (SSSR count). The highest BCUT2D eigenvalue weighted by molar-refractivity contribution is 6.32. The number of carbonyl (C=O) groups is 2. The third-order valence-corrected chi connectivity index (χ3v) is 3.84. The Bertz CT molecular complexity index is 980. The monoisotopic (exact) mass is 399 g/mol. The quantitative estimate of drug-likeness (QED) is 0.548. The summed E-state index contributed by atoms with van der Waals surface area (Å²) < 4.78 is 10.5. The average Bonchev–Trinajstić information content (AvgIpc) is 2.64. The van der Waals surface area contributed by atoms with Crippen LogP contribution < -0.4 is 20.5 Å². The molecule has 8 heteroatoms. The smallest absolute Gasteiger partial charge is 0.266 e. The predicted molar refractivity (Wildman–Crippen MR) is 106 cm³/mol. The Balaban J connectivity index is 2.30. The van der Waals surface area contributed by atoms with Gasteiger partial charge in [-0.25, -0.2) is 0 Å². The van der Waals surface area contributed by atoms with E-state index in [0.29, 0.717) is 11.3 Å². The molecule has 0 aliphatic heterocycles. The first-order valence-electron chi connectivity index (χ1n) is 8.12. The van der Waals surface area contributed by atoms with Crippen molar-refractivity contribution in [2.45, 2.75) is 6.92 Å². The van der Waals surface area contributed by atoms with Gasteiger partial charge in [0.15, 0.2) is 18.1 Å². The molecule has 0 aliphatic carbocycles. The Morgan fingerprint density at radius 3 is 2.68 bits per heavy atom. The number of nitrogens with one attached hydrogen (secondary N) is 1. The minimum Gasteiger partial charge on any atom is -0.493 e. The van der Waals surface area contributed by atoms with Crippen molar-refractivity contribution in [3.05, 3.63) is 58.1 Å². The van der Waals surface area contributed by atoms with Crippen LogP contribution in [0.4, 0.5) is 5.69 Å². The molecule has 144 valence electrons.